The van der Waals surface area contributed by atoms with Crippen LogP contribution in [0.3, 0.4) is 0 Å². The maximum absolute atomic E-state index is 12.6. The van der Waals surface area contributed by atoms with Gasteiger partial charge in [0.1, 0.15) is 0 Å². The zero-order valence-corrected chi connectivity index (χ0v) is 15.5. The molecule has 2 N–H and O–H groups in total. The summed E-state index contributed by atoms with van der Waals surface area (Å²) in [7, 11) is -3.33. The molecule has 0 saturated carbocycles. The molecule has 0 aliphatic rings. The first-order valence-corrected chi connectivity index (χ1v) is 10.1. The number of anilines is 1. The van der Waals surface area contributed by atoms with Crippen LogP contribution < -0.4 is 10.0 Å². The van der Waals surface area contributed by atoms with Crippen LogP contribution in [0, 0.1) is 5.92 Å². The van der Waals surface area contributed by atoms with Crippen molar-refractivity contribution in [1.82, 2.24) is 5.32 Å². The van der Waals surface area contributed by atoms with Gasteiger partial charge >= 0.3 is 0 Å². The summed E-state index contributed by atoms with van der Waals surface area (Å²) in [4.78, 5) is 12.6. The summed E-state index contributed by atoms with van der Waals surface area (Å²) in [5, 5.41) is 3.07. The van der Waals surface area contributed by atoms with Gasteiger partial charge in [-0.1, -0.05) is 44.2 Å². The van der Waals surface area contributed by atoms with Gasteiger partial charge in [-0.3, -0.25) is 9.52 Å². The Bertz CT molecular complexity index is 800. The molecule has 134 valence electrons. The number of amides is 1. The molecule has 0 saturated heterocycles. The number of carbonyl (C=O) groups excluding carboxylic acids is 1. The normalized spacial score (nSPS) is 12.6. The van der Waals surface area contributed by atoms with E-state index in [9.17, 15) is 13.2 Å². The van der Waals surface area contributed by atoms with Crippen molar-refractivity contribution < 1.29 is 13.2 Å². The quantitative estimate of drug-likeness (QED) is 0.792. The lowest BCUT2D eigenvalue weighted by atomic mass is 9.96. The Morgan fingerprint density at radius 2 is 1.60 bits per heavy atom. The number of sulfonamides is 1. The predicted molar refractivity (Wildman–Crippen MR) is 101 cm³/mol. The van der Waals surface area contributed by atoms with E-state index in [4.69, 9.17) is 0 Å². The summed E-state index contributed by atoms with van der Waals surface area (Å²) < 4.78 is 24.8. The third-order valence-electron chi connectivity index (χ3n) is 3.66. The molecule has 2 rings (SSSR count). The molecule has 5 nitrogen and oxygen atoms in total. The summed E-state index contributed by atoms with van der Waals surface area (Å²) in [5.74, 6) is 0.257. The highest BCUT2D eigenvalue weighted by Gasteiger charge is 2.17. The van der Waals surface area contributed by atoms with E-state index in [1.807, 2.05) is 30.3 Å². The standard InChI is InChI=1S/C19H24N2O3S/c1-14(2)13-18(15-7-5-4-6-8-15)20-19(22)16-9-11-17(12-10-16)21-25(3,23)24/h4-12,14,18,21H,13H2,1-3H3,(H,20,22). The Morgan fingerprint density at radius 1 is 1.00 bits per heavy atom. The van der Waals surface area contributed by atoms with E-state index >= 15 is 0 Å². The predicted octanol–water partition coefficient (Wildman–Crippen LogP) is 3.58. The topological polar surface area (TPSA) is 75.3 Å². The zero-order valence-electron chi connectivity index (χ0n) is 14.7. The minimum atomic E-state index is -3.33. The second-order valence-corrected chi connectivity index (χ2v) is 8.27. The van der Waals surface area contributed by atoms with Gasteiger partial charge in [0.25, 0.3) is 5.91 Å². The van der Waals surface area contributed by atoms with Crippen molar-refractivity contribution in [1.29, 1.82) is 0 Å². The second kappa shape index (κ2) is 8.16. The summed E-state index contributed by atoms with van der Waals surface area (Å²) in [6.07, 6.45) is 1.92. The van der Waals surface area contributed by atoms with Crippen LogP contribution in [0.5, 0.6) is 0 Å². The van der Waals surface area contributed by atoms with Crippen molar-refractivity contribution in [2.75, 3.05) is 11.0 Å². The fourth-order valence-electron chi connectivity index (χ4n) is 2.58. The molecule has 2 aromatic carbocycles. The Kier molecular flexibility index (Phi) is 6.20. The first kappa shape index (κ1) is 19.0. The first-order chi connectivity index (χ1) is 11.7. The molecule has 0 bridgehead atoms. The molecule has 0 aliphatic carbocycles. The highest BCUT2D eigenvalue weighted by atomic mass is 32.2. The van der Waals surface area contributed by atoms with E-state index < -0.39 is 10.0 Å². The molecular formula is C19H24N2O3S. The van der Waals surface area contributed by atoms with Crippen molar-refractivity contribution in [3.63, 3.8) is 0 Å². The molecule has 0 aliphatic heterocycles. The van der Waals surface area contributed by atoms with Gasteiger partial charge in [0.2, 0.25) is 10.0 Å². The van der Waals surface area contributed by atoms with E-state index in [0.717, 1.165) is 18.2 Å². The van der Waals surface area contributed by atoms with Crippen LogP contribution in [0.1, 0.15) is 42.2 Å². The van der Waals surface area contributed by atoms with Gasteiger partial charge in [-0.25, -0.2) is 8.42 Å². The lowest BCUT2D eigenvalue weighted by molar-refractivity contribution is 0.0932. The lowest BCUT2D eigenvalue weighted by Gasteiger charge is -2.21. The molecule has 1 unspecified atom stereocenters. The number of rotatable bonds is 7. The van der Waals surface area contributed by atoms with Crippen molar-refractivity contribution in [3.05, 3.63) is 65.7 Å². The Morgan fingerprint density at radius 3 is 2.12 bits per heavy atom. The van der Waals surface area contributed by atoms with Crippen LogP contribution >= 0.6 is 0 Å². The third-order valence-corrected chi connectivity index (χ3v) is 4.27. The number of hydrogen-bond acceptors (Lipinski definition) is 3. The fourth-order valence-corrected chi connectivity index (χ4v) is 3.14. The van der Waals surface area contributed by atoms with Gasteiger partial charge in [0.15, 0.2) is 0 Å². The van der Waals surface area contributed by atoms with Crippen molar-refractivity contribution in [3.8, 4) is 0 Å². The number of nitrogens with one attached hydrogen (secondary N) is 2. The highest BCUT2D eigenvalue weighted by Crippen LogP contribution is 2.22. The van der Waals surface area contributed by atoms with Gasteiger partial charge < -0.3 is 5.32 Å². The number of benzene rings is 2. The number of carbonyl (C=O) groups is 1. The largest absolute Gasteiger partial charge is 0.345 e. The zero-order chi connectivity index (χ0) is 18.4. The van der Waals surface area contributed by atoms with Crippen LogP contribution in [0.4, 0.5) is 5.69 Å². The molecule has 0 aromatic heterocycles. The van der Waals surface area contributed by atoms with Crippen molar-refractivity contribution in [2.45, 2.75) is 26.3 Å². The molecule has 25 heavy (non-hydrogen) atoms. The minimum Gasteiger partial charge on any atom is -0.345 e. The molecule has 6 heteroatoms. The maximum atomic E-state index is 12.6. The van der Waals surface area contributed by atoms with Crippen LogP contribution in [0.2, 0.25) is 0 Å². The second-order valence-electron chi connectivity index (χ2n) is 6.52. The van der Waals surface area contributed by atoms with Crippen LogP contribution in [0.15, 0.2) is 54.6 Å². The summed E-state index contributed by atoms with van der Waals surface area (Å²) in [5.41, 5.74) is 1.99. The summed E-state index contributed by atoms with van der Waals surface area (Å²) in [6, 6.07) is 16.2. The molecule has 0 heterocycles. The van der Waals surface area contributed by atoms with Crippen molar-refractivity contribution >= 4 is 21.6 Å². The van der Waals surface area contributed by atoms with E-state index in [1.165, 1.54) is 0 Å². The average molecular weight is 360 g/mol. The van der Waals surface area contributed by atoms with Gasteiger partial charge in [-0.05, 0) is 42.2 Å². The average Bonchev–Trinajstić information content (AvgIpc) is 2.54. The van der Waals surface area contributed by atoms with Gasteiger partial charge in [0.05, 0.1) is 12.3 Å². The summed E-state index contributed by atoms with van der Waals surface area (Å²) >= 11 is 0. The first-order valence-electron chi connectivity index (χ1n) is 8.18. The third kappa shape index (κ3) is 6.23. The van der Waals surface area contributed by atoms with Crippen LogP contribution in [-0.2, 0) is 10.0 Å². The van der Waals surface area contributed by atoms with Crippen LogP contribution in [0.25, 0.3) is 0 Å². The monoisotopic (exact) mass is 360 g/mol. The smallest absolute Gasteiger partial charge is 0.251 e. The maximum Gasteiger partial charge on any atom is 0.251 e. The minimum absolute atomic E-state index is 0.0671. The van der Waals surface area contributed by atoms with E-state index in [2.05, 4.69) is 23.9 Å². The molecule has 0 spiro atoms. The molecule has 0 radical (unpaired) electrons. The van der Waals surface area contributed by atoms with E-state index in [-0.39, 0.29) is 11.9 Å². The van der Waals surface area contributed by atoms with E-state index in [0.29, 0.717) is 17.2 Å². The molecule has 1 atom stereocenters. The Labute approximate surface area is 149 Å². The molecular weight excluding hydrogens is 336 g/mol. The Hall–Kier alpha value is -2.34. The van der Waals surface area contributed by atoms with E-state index in [1.54, 1.807) is 24.3 Å². The van der Waals surface area contributed by atoms with Crippen LogP contribution in [-0.4, -0.2) is 20.6 Å². The fraction of sp³-hybridized carbons (Fsp3) is 0.316. The van der Waals surface area contributed by atoms with Gasteiger partial charge in [-0.2, -0.15) is 0 Å². The van der Waals surface area contributed by atoms with Gasteiger partial charge in [0, 0.05) is 11.3 Å². The van der Waals surface area contributed by atoms with Gasteiger partial charge in [-0.15, -0.1) is 0 Å². The lowest BCUT2D eigenvalue weighted by Crippen LogP contribution is -2.29. The Balaban J connectivity index is 2.12. The summed E-state index contributed by atoms with van der Waals surface area (Å²) in [6.45, 7) is 4.24. The number of hydrogen-bond donors (Lipinski definition) is 2. The highest BCUT2D eigenvalue weighted by molar-refractivity contribution is 7.92. The SMILES string of the molecule is CC(C)CC(NC(=O)c1ccc(NS(C)(=O)=O)cc1)c1ccccc1. The molecule has 2 aromatic rings. The molecule has 1 amide bonds. The van der Waals surface area contributed by atoms with Crippen molar-refractivity contribution in [2.24, 2.45) is 5.92 Å². The molecule has 0 fully saturated rings.